The fourth-order valence-electron chi connectivity index (χ4n) is 2.23. The third-order valence-corrected chi connectivity index (χ3v) is 3.37. The van der Waals surface area contributed by atoms with Crippen LogP contribution in [0.1, 0.15) is 32.6 Å². The molecule has 0 bridgehead atoms. The molecular weight excluding hydrogens is 216 g/mol. The SMILES string of the molecule is CCn1cc(NC(=O)C2CCC(N)CC2)cn1. The van der Waals surface area contributed by atoms with Crippen molar-refractivity contribution in [3.63, 3.8) is 0 Å². The van der Waals surface area contributed by atoms with Crippen molar-refractivity contribution in [2.24, 2.45) is 11.7 Å². The zero-order chi connectivity index (χ0) is 12.3. The predicted octanol–water partition coefficient (Wildman–Crippen LogP) is 1.36. The molecule has 0 aromatic carbocycles. The normalized spacial score (nSPS) is 24.6. The van der Waals surface area contributed by atoms with E-state index in [9.17, 15) is 4.79 Å². The smallest absolute Gasteiger partial charge is 0.227 e. The summed E-state index contributed by atoms with van der Waals surface area (Å²) in [6.07, 6.45) is 7.24. The molecule has 0 spiro atoms. The number of aryl methyl sites for hydroxylation is 1. The molecule has 0 radical (unpaired) electrons. The van der Waals surface area contributed by atoms with Gasteiger partial charge in [0.2, 0.25) is 5.91 Å². The largest absolute Gasteiger partial charge is 0.328 e. The van der Waals surface area contributed by atoms with Crippen LogP contribution in [0.2, 0.25) is 0 Å². The number of nitrogens with zero attached hydrogens (tertiary/aromatic N) is 2. The molecule has 1 aromatic heterocycles. The highest BCUT2D eigenvalue weighted by atomic mass is 16.1. The molecule has 1 amide bonds. The molecule has 17 heavy (non-hydrogen) atoms. The third-order valence-electron chi connectivity index (χ3n) is 3.37. The average molecular weight is 236 g/mol. The molecule has 1 heterocycles. The lowest BCUT2D eigenvalue weighted by Gasteiger charge is -2.24. The maximum absolute atomic E-state index is 12.0. The number of carbonyl (C=O) groups is 1. The monoisotopic (exact) mass is 236 g/mol. The highest BCUT2D eigenvalue weighted by Gasteiger charge is 2.24. The van der Waals surface area contributed by atoms with E-state index in [4.69, 9.17) is 5.73 Å². The minimum absolute atomic E-state index is 0.104. The van der Waals surface area contributed by atoms with Gasteiger partial charge in [0.25, 0.3) is 0 Å². The lowest BCUT2D eigenvalue weighted by Crippen LogP contribution is -2.32. The Morgan fingerprint density at radius 2 is 2.24 bits per heavy atom. The third kappa shape index (κ3) is 3.06. The number of nitrogens with one attached hydrogen (secondary N) is 1. The van der Waals surface area contributed by atoms with Gasteiger partial charge < -0.3 is 11.1 Å². The molecule has 1 fully saturated rings. The van der Waals surface area contributed by atoms with Crippen molar-refractivity contribution in [1.82, 2.24) is 9.78 Å². The van der Waals surface area contributed by atoms with E-state index in [1.807, 2.05) is 13.1 Å². The lowest BCUT2D eigenvalue weighted by molar-refractivity contribution is -0.120. The molecule has 1 aromatic rings. The van der Waals surface area contributed by atoms with Crippen LogP contribution in [0.3, 0.4) is 0 Å². The number of hydrogen-bond acceptors (Lipinski definition) is 3. The number of aromatic nitrogens is 2. The first kappa shape index (κ1) is 12.1. The van der Waals surface area contributed by atoms with Crippen molar-refractivity contribution < 1.29 is 4.79 Å². The van der Waals surface area contributed by atoms with Gasteiger partial charge in [-0.15, -0.1) is 0 Å². The minimum Gasteiger partial charge on any atom is -0.328 e. The second-order valence-electron chi connectivity index (χ2n) is 4.69. The standard InChI is InChI=1S/C12H20N4O/c1-2-16-8-11(7-14-16)15-12(17)9-3-5-10(13)6-4-9/h7-10H,2-6,13H2,1H3,(H,15,17). The average Bonchev–Trinajstić information content (AvgIpc) is 2.77. The summed E-state index contributed by atoms with van der Waals surface area (Å²) in [7, 11) is 0. The number of nitrogens with two attached hydrogens (primary N) is 1. The Bertz CT molecular complexity index is 380. The van der Waals surface area contributed by atoms with Crippen LogP contribution >= 0.6 is 0 Å². The highest BCUT2D eigenvalue weighted by Crippen LogP contribution is 2.24. The number of anilines is 1. The van der Waals surface area contributed by atoms with Gasteiger partial charge in [-0.3, -0.25) is 9.48 Å². The molecule has 3 N–H and O–H groups in total. The number of carbonyl (C=O) groups excluding carboxylic acids is 1. The van der Waals surface area contributed by atoms with Crippen molar-refractivity contribution in [2.45, 2.75) is 45.2 Å². The summed E-state index contributed by atoms with van der Waals surface area (Å²) >= 11 is 0. The zero-order valence-electron chi connectivity index (χ0n) is 10.2. The predicted molar refractivity (Wildman–Crippen MR) is 66.5 cm³/mol. The van der Waals surface area contributed by atoms with Crippen molar-refractivity contribution in [3.8, 4) is 0 Å². The molecule has 0 atom stereocenters. The summed E-state index contributed by atoms with van der Waals surface area (Å²) in [5.74, 6) is 0.215. The molecule has 5 heteroatoms. The Morgan fingerprint density at radius 3 is 2.82 bits per heavy atom. The Hall–Kier alpha value is -1.36. The highest BCUT2D eigenvalue weighted by molar-refractivity contribution is 5.92. The van der Waals surface area contributed by atoms with E-state index in [2.05, 4.69) is 10.4 Å². The Morgan fingerprint density at radius 1 is 1.53 bits per heavy atom. The van der Waals surface area contributed by atoms with Gasteiger partial charge in [0.15, 0.2) is 0 Å². The van der Waals surface area contributed by atoms with E-state index >= 15 is 0 Å². The van der Waals surface area contributed by atoms with Crippen LogP contribution in [0.4, 0.5) is 5.69 Å². The van der Waals surface area contributed by atoms with Crippen molar-refractivity contribution in [2.75, 3.05) is 5.32 Å². The van der Waals surface area contributed by atoms with Gasteiger partial charge in [0.1, 0.15) is 0 Å². The second-order valence-corrected chi connectivity index (χ2v) is 4.69. The summed E-state index contributed by atoms with van der Waals surface area (Å²) in [4.78, 5) is 12.0. The second kappa shape index (κ2) is 5.31. The lowest BCUT2D eigenvalue weighted by atomic mass is 9.86. The fraction of sp³-hybridized carbons (Fsp3) is 0.667. The van der Waals surface area contributed by atoms with Gasteiger partial charge in [0.05, 0.1) is 11.9 Å². The quantitative estimate of drug-likeness (QED) is 0.832. The summed E-state index contributed by atoms with van der Waals surface area (Å²) < 4.78 is 1.80. The first-order valence-corrected chi connectivity index (χ1v) is 6.28. The van der Waals surface area contributed by atoms with E-state index < -0.39 is 0 Å². The van der Waals surface area contributed by atoms with Crippen LogP contribution in [0.5, 0.6) is 0 Å². The maximum Gasteiger partial charge on any atom is 0.227 e. The van der Waals surface area contributed by atoms with E-state index in [1.165, 1.54) is 0 Å². The van der Waals surface area contributed by atoms with Gasteiger partial charge in [0, 0.05) is 24.7 Å². The number of hydrogen-bond donors (Lipinski definition) is 2. The topological polar surface area (TPSA) is 72.9 Å². The van der Waals surface area contributed by atoms with Crippen LogP contribution in [0, 0.1) is 5.92 Å². The maximum atomic E-state index is 12.0. The molecule has 0 saturated heterocycles. The summed E-state index contributed by atoms with van der Waals surface area (Å²) in [6.45, 7) is 2.83. The molecule has 2 rings (SSSR count). The van der Waals surface area contributed by atoms with Gasteiger partial charge in [-0.2, -0.15) is 5.10 Å². The van der Waals surface area contributed by atoms with E-state index in [-0.39, 0.29) is 17.9 Å². The van der Waals surface area contributed by atoms with Crippen molar-refractivity contribution in [3.05, 3.63) is 12.4 Å². The minimum atomic E-state index is 0.104. The molecule has 1 aliphatic rings. The first-order chi connectivity index (χ1) is 8.19. The van der Waals surface area contributed by atoms with Crippen LogP contribution in [-0.2, 0) is 11.3 Å². The van der Waals surface area contributed by atoms with Crippen LogP contribution in [0.15, 0.2) is 12.4 Å². The van der Waals surface area contributed by atoms with Gasteiger partial charge >= 0.3 is 0 Å². The molecule has 1 saturated carbocycles. The number of amides is 1. The summed E-state index contributed by atoms with van der Waals surface area (Å²) in [5.41, 5.74) is 6.61. The van der Waals surface area contributed by atoms with E-state index in [1.54, 1.807) is 10.9 Å². The number of rotatable bonds is 3. The van der Waals surface area contributed by atoms with Gasteiger partial charge in [-0.05, 0) is 32.6 Å². The Kier molecular flexibility index (Phi) is 3.78. The van der Waals surface area contributed by atoms with Crippen molar-refractivity contribution >= 4 is 11.6 Å². The molecule has 1 aliphatic carbocycles. The molecule has 5 nitrogen and oxygen atoms in total. The first-order valence-electron chi connectivity index (χ1n) is 6.28. The fourth-order valence-corrected chi connectivity index (χ4v) is 2.23. The van der Waals surface area contributed by atoms with Crippen molar-refractivity contribution in [1.29, 1.82) is 0 Å². The zero-order valence-corrected chi connectivity index (χ0v) is 10.2. The van der Waals surface area contributed by atoms with Crippen LogP contribution in [0.25, 0.3) is 0 Å². The molecule has 0 unspecified atom stereocenters. The summed E-state index contributed by atoms with van der Waals surface area (Å²) in [5, 5.41) is 7.04. The van der Waals surface area contributed by atoms with E-state index in [0.29, 0.717) is 0 Å². The Balaban J connectivity index is 1.88. The summed E-state index contributed by atoms with van der Waals surface area (Å²) in [6, 6.07) is 0.280. The molecular formula is C12H20N4O. The van der Waals surface area contributed by atoms with Gasteiger partial charge in [-0.25, -0.2) is 0 Å². The molecule has 94 valence electrons. The van der Waals surface area contributed by atoms with E-state index in [0.717, 1.165) is 37.9 Å². The van der Waals surface area contributed by atoms with Crippen LogP contribution < -0.4 is 11.1 Å². The molecule has 0 aliphatic heterocycles. The Labute approximate surface area is 101 Å². The van der Waals surface area contributed by atoms with Crippen LogP contribution in [-0.4, -0.2) is 21.7 Å². The van der Waals surface area contributed by atoms with Gasteiger partial charge in [-0.1, -0.05) is 0 Å².